The molecule has 3 amide bonds. The normalized spacial score (nSPS) is 17.6. The average Bonchev–Trinajstić information content (AvgIpc) is 3.53. The molecule has 0 aromatic heterocycles. The molecule has 1 heterocycles. The van der Waals surface area contributed by atoms with Crippen LogP contribution in [-0.2, 0) is 4.79 Å². The monoisotopic (exact) mass is 393 g/mol. The minimum Gasteiger partial charge on any atom is -0.347 e. The van der Waals surface area contributed by atoms with Crippen LogP contribution in [0.25, 0.3) is 0 Å². The number of amides is 3. The molecule has 4 rings (SSSR count). The first-order valence-corrected chi connectivity index (χ1v) is 9.40. The second-order valence-corrected chi connectivity index (χ2v) is 7.35. The van der Waals surface area contributed by atoms with Crippen LogP contribution in [-0.4, -0.2) is 33.6 Å². The van der Waals surface area contributed by atoms with Gasteiger partial charge in [0.2, 0.25) is 5.91 Å². The van der Waals surface area contributed by atoms with E-state index in [9.17, 15) is 24.5 Å². The molecule has 0 spiro atoms. The number of rotatable bonds is 6. The van der Waals surface area contributed by atoms with Gasteiger partial charge >= 0.3 is 0 Å². The summed E-state index contributed by atoms with van der Waals surface area (Å²) in [6.07, 6.45) is 1.99. The van der Waals surface area contributed by atoms with Crippen molar-refractivity contribution in [2.75, 3.05) is 0 Å². The number of benzene rings is 2. The van der Waals surface area contributed by atoms with Gasteiger partial charge in [-0.15, -0.1) is 0 Å². The predicted molar refractivity (Wildman–Crippen MR) is 103 cm³/mol. The maximum Gasteiger partial charge on any atom is 0.282 e. The lowest BCUT2D eigenvalue weighted by Crippen LogP contribution is -2.48. The number of nitrogens with one attached hydrogen (secondary N) is 1. The molecule has 2 atom stereocenters. The van der Waals surface area contributed by atoms with Crippen molar-refractivity contribution >= 4 is 23.4 Å². The molecule has 29 heavy (non-hydrogen) atoms. The zero-order valence-corrected chi connectivity index (χ0v) is 15.7. The SMILES string of the molecule is CC(C(=O)NC(c1ccccc1)C1CC1)N1C(=O)c2cccc([N+](=O)[O-])c2C1=O. The van der Waals surface area contributed by atoms with Crippen molar-refractivity contribution in [3.05, 3.63) is 75.3 Å². The Kier molecular flexibility index (Phi) is 4.62. The quantitative estimate of drug-likeness (QED) is 0.461. The smallest absolute Gasteiger partial charge is 0.282 e. The van der Waals surface area contributed by atoms with E-state index >= 15 is 0 Å². The zero-order valence-electron chi connectivity index (χ0n) is 15.7. The highest BCUT2D eigenvalue weighted by molar-refractivity contribution is 6.24. The molecule has 2 aromatic carbocycles. The molecule has 1 fully saturated rings. The van der Waals surface area contributed by atoms with Gasteiger partial charge in [0.15, 0.2) is 0 Å². The molecule has 0 bridgehead atoms. The molecule has 8 heteroatoms. The summed E-state index contributed by atoms with van der Waals surface area (Å²) in [5.74, 6) is -1.67. The Hall–Kier alpha value is -3.55. The Morgan fingerprint density at radius 1 is 1.10 bits per heavy atom. The Morgan fingerprint density at radius 3 is 2.41 bits per heavy atom. The first-order valence-electron chi connectivity index (χ1n) is 9.40. The van der Waals surface area contributed by atoms with Crippen LogP contribution in [0.3, 0.4) is 0 Å². The zero-order chi connectivity index (χ0) is 20.7. The van der Waals surface area contributed by atoms with Gasteiger partial charge in [0.1, 0.15) is 11.6 Å². The molecule has 0 saturated heterocycles. The third-order valence-corrected chi connectivity index (χ3v) is 5.44. The fraction of sp³-hybridized carbons (Fsp3) is 0.286. The van der Waals surface area contributed by atoms with E-state index in [4.69, 9.17) is 0 Å². The molecule has 2 aromatic rings. The van der Waals surface area contributed by atoms with E-state index in [1.54, 1.807) is 0 Å². The number of hydrogen-bond donors (Lipinski definition) is 1. The highest BCUT2D eigenvalue weighted by Gasteiger charge is 2.45. The summed E-state index contributed by atoms with van der Waals surface area (Å²) in [4.78, 5) is 49.8. The van der Waals surface area contributed by atoms with Crippen LogP contribution in [0.15, 0.2) is 48.5 Å². The molecular formula is C21H19N3O5. The van der Waals surface area contributed by atoms with Crippen molar-refractivity contribution in [3.8, 4) is 0 Å². The maximum atomic E-state index is 12.9. The van der Waals surface area contributed by atoms with E-state index in [0.29, 0.717) is 5.92 Å². The summed E-state index contributed by atoms with van der Waals surface area (Å²) in [6.45, 7) is 1.46. The molecule has 1 aliphatic heterocycles. The molecular weight excluding hydrogens is 374 g/mol. The van der Waals surface area contributed by atoms with Crippen molar-refractivity contribution in [2.45, 2.75) is 31.8 Å². The molecule has 1 aliphatic carbocycles. The van der Waals surface area contributed by atoms with Crippen molar-refractivity contribution in [1.29, 1.82) is 0 Å². The Bertz CT molecular complexity index is 1020. The van der Waals surface area contributed by atoms with Gasteiger partial charge < -0.3 is 5.32 Å². The number of carbonyl (C=O) groups excluding carboxylic acids is 3. The maximum absolute atomic E-state index is 12.9. The van der Waals surface area contributed by atoms with Crippen LogP contribution in [0, 0.1) is 16.0 Å². The van der Waals surface area contributed by atoms with Gasteiger partial charge in [-0.2, -0.15) is 0 Å². The Labute approximate surface area is 166 Å². The summed E-state index contributed by atoms with van der Waals surface area (Å²) < 4.78 is 0. The molecule has 2 unspecified atom stereocenters. The van der Waals surface area contributed by atoms with Crippen LogP contribution in [0.4, 0.5) is 5.69 Å². The Morgan fingerprint density at radius 2 is 1.79 bits per heavy atom. The van der Waals surface area contributed by atoms with Crippen LogP contribution < -0.4 is 5.32 Å². The minimum absolute atomic E-state index is 0.0503. The van der Waals surface area contributed by atoms with Crippen LogP contribution in [0.1, 0.15) is 52.1 Å². The standard InChI is InChI=1S/C21H19N3O5/c1-12(19(25)22-18(14-10-11-14)13-6-3-2-4-7-13)23-20(26)15-8-5-9-16(24(28)29)17(15)21(23)27/h2-9,12,14,18H,10-11H2,1H3,(H,22,25). The lowest BCUT2D eigenvalue weighted by atomic mass is 10.0. The average molecular weight is 393 g/mol. The van der Waals surface area contributed by atoms with Gasteiger partial charge in [-0.1, -0.05) is 36.4 Å². The second-order valence-electron chi connectivity index (χ2n) is 7.35. The van der Waals surface area contributed by atoms with E-state index in [-0.39, 0.29) is 17.2 Å². The van der Waals surface area contributed by atoms with E-state index < -0.39 is 34.4 Å². The van der Waals surface area contributed by atoms with Gasteiger partial charge in [-0.05, 0) is 37.3 Å². The predicted octanol–water partition coefficient (Wildman–Crippen LogP) is 2.85. The minimum atomic E-state index is -1.09. The number of hydrogen-bond acceptors (Lipinski definition) is 5. The van der Waals surface area contributed by atoms with Gasteiger partial charge in [0, 0.05) is 6.07 Å². The summed E-state index contributed by atoms with van der Waals surface area (Å²) in [5.41, 5.74) is 0.222. The van der Waals surface area contributed by atoms with Crippen molar-refractivity contribution < 1.29 is 19.3 Å². The summed E-state index contributed by atoms with van der Waals surface area (Å²) in [5, 5.41) is 14.2. The summed E-state index contributed by atoms with van der Waals surface area (Å²) >= 11 is 0. The van der Waals surface area contributed by atoms with Crippen LogP contribution >= 0.6 is 0 Å². The van der Waals surface area contributed by atoms with Gasteiger partial charge in [0.05, 0.1) is 16.5 Å². The van der Waals surface area contributed by atoms with E-state index in [1.165, 1.54) is 25.1 Å². The van der Waals surface area contributed by atoms with E-state index in [0.717, 1.165) is 23.3 Å². The number of carbonyl (C=O) groups is 3. The number of imide groups is 1. The number of fused-ring (bicyclic) bond motifs is 1. The highest BCUT2D eigenvalue weighted by Crippen LogP contribution is 2.41. The van der Waals surface area contributed by atoms with E-state index in [1.807, 2.05) is 30.3 Å². The van der Waals surface area contributed by atoms with Crippen LogP contribution in [0.5, 0.6) is 0 Å². The van der Waals surface area contributed by atoms with Gasteiger partial charge in [-0.3, -0.25) is 29.4 Å². The fourth-order valence-corrected chi connectivity index (χ4v) is 3.74. The van der Waals surface area contributed by atoms with Crippen molar-refractivity contribution in [2.24, 2.45) is 5.92 Å². The molecule has 1 saturated carbocycles. The number of nitro benzene ring substituents is 1. The molecule has 2 aliphatic rings. The molecule has 8 nitrogen and oxygen atoms in total. The largest absolute Gasteiger partial charge is 0.347 e. The lowest BCUT2D eigenvalue weighted by molar-refractivity contribution is -0.385. The summed E-state index contributed by atoms with van der Waals surface area (Å²) in [6, 6.07) is 12.1. The van der Waals surface area contributed by atoms with Gasteiger partial charge in [-0.25, -0.2) is 0 Å². The molecule has 148 valence electrons. The fourth-order valence-electron chi connectivity index (χ4n) is 3.74. The van der Waals surface area contributed by atoms with Gasteiger partial charge in [0.25, 0.3) is 17.5 Å². The third-order valence-electron chi connectivity index (χ3n) is 5.44. The number of nitrogens with zero attached hydrogens (tertiary/aromatic N) is 2. The first-order chi connectivity index (χ1) is 13.9. The summed E-state index contributed by atoms with van der Waals surface area (Å²) in [7, 11) is 0. The van der Waals surface area contributed by atoms with Crippen LogP contribution in [0.2, 0.25) is 0 Å². The molecule has 0 radical (unpaired) electrons. The highest BCUT2D eigenvalue weighted by atomic mass is 16.6. The number of nitro groups is 1. The third kappa shape index (κ3) is 3.26. The first kappa shape index (κ1) is 18.8. The topological polar surface area (TPSA) is 110 Å². The second kappa shape index (κ2) is 7.12. The lowest BCUT2D eigenvalue weighted by Gasteiger charge is -2.25. The van der Waals surface area contributed by atoms with Crippen molar-refractivity contribution in [3.63, 3.8) is 0 Å². The molecule has 1 N–H and O–H groups in total. The van der Waals surface area contributed by atoms with Crippen molar-refractivity contribution in [1.82, 2.24) is 10.2 Å². The van der Waals surface area contributed by atoms with E-state index in [2.05, 4.69) is 5.32 Å². The Balaban J connectivity index is 1.58.